The van der Waals surface area contributed by atoms with Crippen molar-refractivity contribution in [2.75, 3.05) is 26.2 Å². The van der Waals surface area contributed by atoms with Gasteiger partial charge in [0.25, 0.3) is 11.5 Å². The van der Waals surface area contributed by atoms with Gasteiger partial charge in [-0.2, -0.15) is 0 Å². The van der Waals surface area contributed by atoms with Gasteiger partial charge in [0.1, 0.15) is 5.69 Å². The summed E-state index contributed by atoms with van der Waals surface area (Å²) in [5.41, 5.74) is 1.29. The number of carbonyl (C=O) groups is 1. The Balaban J connectivity index is 1.50. The molecule has 176 valence electrons. The predicted molar refractivity (Wildman–Crippen MR) is 125 cm³/mol. The maximum absolute atomic E-state index is 13.6. The largest absolute Gasteiger partial charge is 0.351 e. The SMILES string of the molecule is CCN(CC)CCNC(=O)c1ccc(-n2cc(-c3cc4cc(F)c(F)cc4[nH]c3=O)nn2)cc1. The van der Waals surface area contributed by atoms with Gasteiger partial charge < -0.3 is 15.2 Å². The van der Waals surface area contributed by atoms with Gasteiger partial charge in [-0.05, 0) is 49.5 Å². The molecule has 0 bridgehead atoms. The predicted octanol–water partition coefficient (Wildman–Crippen LogP) is 3.13. The summed E-state index contributed by atoms with van der Waals surface area (Å²) in [5.74, 6) is -2.21. The number of H-pyrrole nitrogens is 1. The summed E-state index contributed by atoms with van der Waals surface area (Å²) >= 11 is 0. The number of amides is 1. The van der Waals surface area contributed by atoms with Crippen molar-refractivity contribution in [2.45, 2.75) is 13.8 Å². The molecule has 2 N–H and O–H groups in total. The minimum atomic E-state index is -1.04. The molecule has 0 aliphatic rings. The van der Waals surface area contributed by atoms with Gasteiger partial charge >= 0.3 is 0 Å². The van der Waals surface area contributed by atoms with Crippen LogP contribution in [0.1, 0.15) is 24.2 Å². The van der Waals surface area contributed by atoms with E-state index in [1.165, 1.54) is 10.7 Å². The van der Waals surface area contributed by atoms with E-state index in [1.807, 2.05) is 0 Å². The average Bonchev–Trinajstić information content (AvgIpc) is 3.32. The highest BCUT2D eigenvalue weighted by molar-refractivity contribution is 5.94. The monoisotopic (exact) mass is 466 g/mol. The van der Waals surface area contributed by atoms with Crippen LogP contribution >= 0.6 is 0 Å². The fourth-order valence-electron chi connectivity index (χ4n) is 3.64. The summed E-state index contributed by atoms with van der Waals surface area (Å²) in [6.07, 6.45) is 1.55. The number of hydrogen-bond donors (Lipinski definition) is 2. The van der Waals surface area contributed by atoms with Gasteiger partial charge in [-0.25, -0.2) is 13.5 Å². The molecule has 2 heterocycles. The smallest absolute Gasteiger partial charge is 0.258 e. The molecule has 2 aromatic carbocycles. The van der Waals surface area contributed by atoms with E-state index in [1.54, 1.807) is 30.5 Å². The molecular weight excluding hydrogens is 442 g/mol. The number of pyridine rings is 1. The number of nitrogens with one attached hydrogen (secondary N) is 2. The number of rotatable bonds is 8. The van der Waals surface area contributed by atoms with Crippen molar-refractivity contribution in [1.29, 1.82) is 0 Å². The molecular formula is C24H24F2N6O2. The van der Waals surface area contributed by atoms with Gasteiger partial charge in [0.15, 0.2) is 11.6 Å². The van der Waals surface area contributed by atoms with E-state index in [4.69, 9.17) is 0 Å². The molecule has 2 aromatic heterocycles. The van der Waals surface area contributed by atoms with Gasteiger partial charge in [0, 0.05) is 30.1 Å². The number of halogens is 2. The molecule has 0 aliphatic carbocycles. The number of nitrogens with zero attached hydrogens (tertiary/aromatic N) is 4. The summed E-state index contributed by atoms with van der Waals surface area (Å²) in [6, 6.07) is 10.2. The zero-order chi connectivity index (χ0) is 24.2. The van der Waals surface area contributed by atoms with E-state index in [0.717, 1.165) is 31.8 Å². The molecule has 0 spiro atoms. The number of carbonyl (C=O) groups excluding carboxylic acids is 1. The molecule has 8 nitrogen and oxygen atoms in total. The van der Waals surface area contributed by atoms with E-state index in [0.29, 0.717) is 23.2 Å². The quantitative estimate of drug-likeness (QED) is 0.416. The number of fused-ring (bicyclic) bond motifs is 1. The first-order valence-electron chi connectivity index (χ1n) is 11.0. The summed E-state index contributed by atoms with van der Waals surface area (Å²) < 4.78 is 28.5. The van der Waals surface area contributed by atoms with Crippen LogP contribution in [0.4, 0.5) is 8.78 Å². The van der Waals surface area contributed by atoms with E-state index >= 15 is 0 Å². The van der Waals surface area contributed by atoms with Gasteiger partial charge in [0.2, 0.25) is 0 Å². The van der Waals surface area contributed by atoms with Crippen LogP contribution in [0.3, 0.4) is 0 Å². The van der Waals surface area contributed by atoms with Crippen LogP contribution < -0.4 is 10.9 Å². The number of likely N-dealkylation sites (N-methyl/N-ethyl adjacent to an activating group) is 1. The first kappa shape index (κ1) is 23.2. The Morgan fingerprint density at radius 3 is 2.50 bits per heavy atom. The van der Waals surface area contributed by atoms with E-state index in [9.17, 15) is 18.4 Å². The topological polar surface area (TPSA) is 95.9 Å². The fourth-order valence-corrected chi connectivity index (χ4v) is 3.64. The van der Waals surface area contributed by atoms with Crippen molar-refractivity contribution in [2.24, 2.45) is 0 Å². The van der Waals surface area contributed by atoms with Crippen molar-refractivity contribution in [3.63, 3.8) is 0 Å². The summed E-state index contributed by atoms with van der Waals surface area (Å²) in [4.78, 5) is 29.6. The standard InChI is InChI=1S/C24H24F2N6O2/c1-3-31(4-2)10-9-27-23(33)15-5-7-17(8-6-15)32-14-22(29-30-32)18-11-16-12-19(25)20(26)13-21(16)28-24(18)34/h5-8,11-14H,3-4,9-10H2,1-2H3,(H,27,33)(H,28,34). The number of aromatic nitrogens is 4. The van der Waals surface area contributed by atoms with Crippen molar-refractivity contribution in [3.8, 4) is 16.9 Å². The van der Waals surface area contributed by atoms with Crippen molar-refractivity contribution < 1.29 is 13.6 Å². The first-order chi connectivity index (χ1) is 16.4. The molecule has 34 heavy (non-hydrogen) atoms. The third-order valence-electron chi connectivity index (χ3n) is 5.66. The normalized spacial score (nSPS) is 11.3. The Bertz CT molecular complexity index is 1380. The van der Waals surface area contributed by atoms with Crippen LogP contribution in [0.25, 0.3) is 27.8 Å². The molecule has 0 saturated heterocycles. The van der Waals surface area contributed by atoms with Crippen LogP contribution in [0.5, 0.6) is 0 Å². The van der Waals surface area contributed by atoms with Crippen molar-refractivity contribution in [1.82, 2.24) is 30.2 Å². The molecule has 0 saturated carbocycles. The lowest BCUT2D eigenvalue weighted by atomic mass is 10.1. The third kappa shape index (κ3) is 4.86. The zero-order valence-electron chi connectivity index (χ0n) is 18.8. The Morgan fingerprint density at radius 2 is 1.79 bits per heavy atom. The fraction of sp³-hybridized carbons (Fsp3) is 0.250. The van der Waals surface area contributed by atoms with Crippen LogP contribution in [0, 0.1) is 11.6 Å². The first-order valence-corrected chi connectivity index (χ1v) is 11.0. The molecule has 0 fully saturated rings. The van der Waals surface area contributed by atoms with E-state index in [-0.39, 0.29) is 22.7 Å². The number of benzene rings is 2. The lowest BCUT2D eigenvalue weighted by Gasteiger charge is -2.17. The van der Waals surface area contributed by atoms with Gasteiger partial charge in [-0.1, -0.05) is 19.1 Å². The van der Waals surface area contributed by atoms with Crippen LogP contribution in [-0.4, -0.2) is 57.0 Å². The summed E-state index contributed by atoms with van der Waals surface area (Å²) in [7, 11) is 0. The van der Waals surface area contributed by atoms with Crippen molar-refractivity contribution >= 4 is 16.8 Å². The van der Waals surface area contributed by atoms with Crippen LogP contribution in [0.15, 0.2) is 53.5 Å². The third-order valence-corrected chi connectivity index (χ3v) is 5.66. The zero-order valence-corrected chi connectivity index (χ0v) is 18.8. The van der Waals surface area contributed by atoms with E-state index in [2.05, 4.69) is 39.4 Å². The molecule has 4 rings (SSSR count). The lowest BCUT2D eigenvalue weighted by Crippen LogP contribution is -2.34. The van der Waals surface area contributed by atoms with E-state index < -0.39 is 17.2 Å². The van der Waals surface area contributed by atoms with Crippen molar-refractivity contribution in [3.05, 3.63) is 76.2 Å². The maximum atomic E-state index is 13.6. The lowest BCUT2D eigenvalue weighted by molar-refractivity contribution is 0.0949. The highest BCUT2D eigenvalue weighted by Gasteiger charge is 2.13. The van der Waals surface area contributed by atoms with Gasteiger partial charge in [0.05, 0.1) is 23.0 Å². The Hall–Kier alpha value is -3.92. The second kappa shape index (κ2) is 9.92. The highest BCUT2D eigenvalue weighted by Crippen LogP contribution is 2.21. The minimum absolute atomic E-state index is 0.163. The Kier molecular flexibility index (Phi) is 6.78. The number of hydrogen-bond acceptors (Lipinski definition) is 5. The maximum Gasteiger partial charge on any atom is 0.258 e. The number of aromatic amines is 1. The highest BCUT2D eigenvalue weighted by atomic mass is 19.2. The molecule has 0 unspecified atom stereocenters. The van der Waals surface area contributed by atoms with Gasteiger partial charge in [-0.3, -0.25) is 9.59 Å². The summed E-state index contributed by atoms with van der Waals surface area (Å²) in [5, 5.41) is 11.3. The Morgan fingerprint density at radius 1 is 1.09 bits per heavy atom. The second-order valence-corrected chi connectivity index (χ2v) is 7.74. The molecule has 1 amide bonds. The molecule has 10 heteroatoms. The Labute approximate surface area is 194 Å². The van der Waals surface area contributed by atoms with Crippen LogP contribution in [-0.2, 0) is 0 Å². The average molecular weight is 466 g/mol. The molecule has 0 aliphatic heterocycles. The minimum Gasteiger partial charge on any atom is -0.351 e. The molecule has 0 atom stereocenters. The molecule has 4 aromatic rings. The van der Waals surface area contributed by atoms with Gasteiger partial charge in [-0.15, -0.1) is 5.10 Å². The molecule has 0 radical (unpaired) electrons. The summed E-state index contributed by atoms with van der Waals surface area (Å²) in [6.45, 7) is 7.37. The second-order valence-electron chi connectivity index (χ2n) is 7.74. The van der Waals surface area contributed by atoms with Crippen LogP contribution in [0.2, 0.25) is 0 Å².